The number of hydrogen-bond acceptors (Lipinski definition) is 6. The van der Waals surface area contributed by atoms with Crippen LogP contribution < -0.4 is 10.1 Å². The lowest BCUT2D eigenvalue weighted by molar-refractivity contribution is -0.121. The fourth-order valence-electron chi connectivity index (χ4n) is 3.48. The van der Waals surface area contributed by atoms with E-state index in [2.05, 4.69) is 20.3 Å². The normalized spacial score (nSPS) is 14.7. The van der Waals surface area contributed by atoms with Crippen LogP contribution in [0, 0.1) is 5.41 Å². The van der Waals surface area contributed by atoms with Gasteiger partial charge in [0.15, 0.2) is 5.13 Å². The third-order valence-electron chi connectivity index (χ3n) is 5.26. The van der Waals surface area contributed by atoms with E-state index in [1.807, 2.05) is 41.1 Å². The molecule has 7 nitrogen and oxygen atoms in total. The Morgan fingerprint density at radius 3 is 2.83 bits per heavy atom. The predicted molar refractivity (Wildman–Crippen MR) is 112 cm³/mol. The summed E-state index contributed by atoms with van der Waals surface area (Å²) in [5, 5.41) is 3.59. The molecule has 8 heteroatoms. The largest absolute Gasteiger partial charge is 0.479 e. The van der Waals surface area contributed by atoms with Crippen LogP contribution >= 0.6 is 11.3 Å². The monoisotopic (exact) mass is 405 g/mol. The van der Waals surface area contributed by atoms with Crippen molar-refractivity contribution in [2.24, 2.45) is 5.41 Å². The number of methoxy groups -OCH3 is 1. The van der Waals surface area contributed by atoms with E-state index in [9.17, 15) is 4.79 Å². The second-order valence-electron chi connectivity index (χ2n) is 7.21. The lowest BCUT2D eigenvalue weighted by atomic mass is 10.1. The minimum Gasteiger partial charge on any atom is -0.479 e. The van der Waals surface area contributed by atoms with E-state index in [1.165, 1.54) is 11.3 Å². The number of rotatable bonds is 6. The van der Waals surface area contributed by atoms with Crippen molar-refractivity contribution in [3.63, 3.8) is 0 Å². The number of hydrogen-bond donors (Lipinski definition) is 1. The minimum absolute atomic E-state index is 0.00144. The number of carbonyl (C=O) groups is 1. The molecule has 1 saturated carbocycles. The van der Waals surface area contributed by atoms with Gasteiger partial charge in [-0.25, -0.2) is 15.0 Å². The lowest BCUT2D eigenvalue weighted by Crippen LogP contribution is -2.28. The maximum atomic E-state index is 13.0. The van der Waals surface area contributed by atoms with Crippen LogP contribution in [0.3, 0.4) is 0 Å². The number of aromatic nitrogens is 4. The summed E-state index contributed by atoms with van der Waals surface area (Å²) in [6.45, 7) is 0.629. The number of ether oxygens (including phenoxy) is 1. The Hall–Kier alpha value is -3.26. The number of nitrogens with one attached hydrogen (secondary N) is 1. The van der Waals surface area contributed by atoms with Crippen molar-refractivity contribution in [1.29, 1.82) is 0 Å². The van der Waals surface area contributed by atoms with Crippen molar-refractivity contribution < 1.29 is 9.53 Å². The van der Waals surface area contributed by atoms with Crippen LogP contribution in [0.1, 0.15) is 12.8 Å². The van der Waals surface area contributed by atoms with Gasteiger partial charge in [-0.2, -0.15) is 0 Å². The number of fused-ring (bicyclic) bond motifs is 1. The van der Waals surface area contributed by atoms with Crippen LogP contribution in [0.15, 0.2) is 55.2 Å². The number of imidazole rings is 1. The summed E-state index contributed by atoms with van der Waals surface area (Å²) in [5.74, 6) is 0.453. The molecule has 0 radical (unpaired) electrons. The molecule has 1 amide bonds. The summed E-state index contributed by atoms with van der Waals surface area (Å²) in [5.41, 5.74) is 2.30. The Balaban J connectivity index is 1.47. The molecule has 0 bridgehead atoms. The van der Waals surface area contributed by atoms with Gasteiger partial charge in [0.1, 0.15) is 5.52 Å². The van der Waals surface area contributed by atoms with Gasteiger partial charge in [0.25, 0.3) is 0 Å². The second-order valence-corrected chi connectivity index (χ2v) is 8.21. The van der Waals surface area contributed by atoms with Gasteiger partial charge in [-0.15, -0.1) is 0 Å². The van der Waals surface area contributed by atoms with E-state index >= 15 is 0 Å². The first-order valence-corrected chi connectivity index (χ1v) is 10.2. The van der Waals surface area contributed by atoms with Crippen molar-refractivity contribution in [2.45, 2.75) is 19.4 Å². The third-order valence-corrected chi connectivity index (χ3v) is 6.27. The van der Waals surface area contributed by atoms with E-state index in [1.54, 1.807) is 25.8 Å². The van der Waals surface area contributed by atoms with Crippen molar-refractivity contribution >= 4 is 32.6 Å². The zero-order valence-corrected chi connectivity index (χ0v) is 16.6. The van der Waals surface area contributed by atoms with E-state index in [0.717, 1.165) is 28.7 Å². The van der Waals surface area contributed by atoms with Crippen molar-refractivity contribution in [3.8, 4) is 17.0 Å². The lowest BCUT2D eigenvalue weighted by Gasteiger charge is -2.14. The molecule has 1 aromatic carbocycles. The number of thiazole rings is 1. The van der Waals surface area contributed by atoms with Gasteiger partial charge in [-0.05, 0) is 18.4 Å². The number of anilines is 1. The highest BCUT2D eigenvalue weighted by molar-refractivity contribution is 7.23. The molecule has 1 aliphatic carbocycles. The Kier molecular flexibility index (Phi) is 4.28. The molecule has 0 atom stereocenters. The molecular formula is C21H19N5O2S. The molecule has 4 aromatic rings. The number of pyridine rings is 1. The van der Waals surface area contributed by atoms with E-state index in [0.29, 0.717) is 23.1 Å². The SMILES string of the molecule is COc1ncc(-c2ccccc2)c2sc(NC(=O)C3(Cn4ccnc4)CC3)nc12. The molecule has 1 fully saturated rings. The molecule has 5 rings (SSSR count). The number of carbonyl (C=O) groups excluding carboxylic acids is 1. The van der Waals surface area contributed by atoms with E-state index in [-0.39, 0.29) is 11.3 Å². The molecule has 0 spiro atoms. The summed E-state index contributed by atoms with van der Waals surface area (Å²) >= 11 is 1.45. The van der Waals surface area contributed by atoms with Crippen molar-refractivity contribution in [3.05, 3.63) is 55.2 Å². The highest BCUT2D eigenvalue weighted by atomic mass is 32.1. The summed E-state index contributed by atoms with van der Waals surface area (Å²) in [7, 11) is 1.58. The molecule has 1 N–H and O–H groups in total. The molecule has 1 aliphatic rings. The first kappa shape index (κ1) is 17.8. The van der Waals surface area contributed by atoms with Gasteiger partial charge in [0.2, 0.25) is 11.8 Å². The average molecular weight is 405 g/mol. The molecule has 3 aromatic heterocycles. The van der Waals surface area contributed by atoms with Gasteiger partial charge in [-0.1, -0.05) is 41.7 Å². The third kappa shape index (κ3) is 3.25. The fraction of sp³-hybridized carbons (Fsp3) is 0.238. The maximum Gasteiger partial charge on any atom is 0.241 e. The predicted octanol–water partition coefficient (Wildman–Crippen LogP) is 3.98. The molecule has 0 aliphatic heterocycles. The van der Waals surface area contributed by atoms with Gasteiger partial charge in [-0.3, -0.25) is 4.79 Å². The van der Waals surface area contributed by atoms with Gasteiger partial charge < -0.3 is 14.6 Å². The van der Waals surface area contributed by atoms with Gasteiger partial charge in [0.05, 0.1) is 23.6 Å². The Bertz CT molecular complexity index is 1170. The molecule has 0 saturated heterocycles. The van der Waals surface area contributed by atoms with Crippen molar-refractivity contribution in [1.82, 2.24) is 19.5 Å². The van der Waals surface area contributed by atoms with Gasteiger partial charge in [0, 0.05) is 30.7 Å². The summed E-state index contributed by atoms with van der Waals surface area (Å²) < 4.78 is 8.29. The minimum atomic E-state index is -0.386. The van der Waals surface area contributed by atoms with E-state index in [4.69, 9.17) is 4.74 Å². The Morgan fingerprint density at radius 1 is 1.31 bits per heavy atom. The highest BCUT2D eigenvalue weighted by Gasteiger charge is 2.50. The van der Waals surface area contributed by atoms with Gasteiger partial charge >= 0.3 is 0 Å². The summed E-state index contributed by atoms with van der Waals surface area (Å²) in [6.07, 6.45) is 8.87. The smallest absolute Gasteiger partial charge is 0.241 e. The Labute approximate surface area is 171 Å². The van der Waals surface area contributed by atoms with Crippen LogP contribution in [0.2, 0.25) is 0 Å². The first-order valence-electron chi connectivity index (χ1n) is 9.35. The van der Waals surface area contributed by atoms with Crippen LogP contribution in [0.25, 0.3) is 21.3 Å². The second kappa shape index (κ2) is 6.97. The van der Waals surface area contributed by atoms with Crippen LogP contribution in [-0.2, 0) is 11.3 Å². The number of nitrogens with zero attached hydrogens (tertiary/aromatic N) is 4. The summed E-state index contributed by atoms with van der Waals surface area (Å²) in [6, 6.07) is 10.0. The first-order chi connectivity index (χ1) is 14.2. The number of benzene rings is 1. The zero-order valence-electron chi connectivity index (χ0n) is 15.8. The molecule has 146 valence electrons. The fourth-order valence-corrected chi connectivity index (χ4v) is 4.47. The maximum absolute atomic E-state index is 13.0. The molecule has 0 unspecified atom stereocenters. The zero-order chi connectivity index (χ0) is 19.8. The van der Waals surface area contributed by atoms with E-state index < -0.39 is 0 Å². The van der Waals surface area contributed by atoms with Crippen LogP contribution in [-0.4, -0.2) is 32.5 Å². The molecule has 29 heavy (non-hydrogen) atoms. The average Bonchev–Trinajstić information content (AvgIpc) is 3.13. The molecular weight excluding hydrogens is 386 g/mol. The van der Waals surface area contributed by atoms with Crippen LogP contribution in [0.5, 0.6) is 5.88 Å². The van der Waals surface area contributed by atoms with Crippen molar-refractivity contribution in [2.75, 3.05) is 12.4 Å². The highest BCUT2D eigenvalue weighted by Crippen LogP contribution is 2.48. The Morgan fingerprint density at radius 2 is 2.14 bits per heavy atom. The quantitative estimate of drug-likeness (QED) is 0.525. The topological polar surface area (TPSA) is 81.9 Å². The standard InChI is InChI=1S/C21H19N5O2S/c1-28-18-16-17(15(11-23-18)14-5-3-2-4-6-14)29-20(24-16)25-19(27)21(7-8-21)12-26-10-9-22-13-26/h2-6,9-11,13H,7-8,12H2,1H3,(H,24,25,27). The molecule has 3 heterocycles. The van der Waals surface area contributed by atoms with Crippen LogP contribution in [0.4, 0.5) is 5.13 Å². The number of amides is 1. The summed E-state index contributed by atoms with van der Waals surface area (Å²) in [4.78, 5) is 26.1.